The summed E-state index contributed by atoms with van der Waals surface area (Å²) in [5.74, 6) is 0.271. The summed E-state index contributed by atoms with van der Waals surface area (Å²) in [4.78, 5) is 0. The molecule has 0 aliphatic carbocycles. The summed E-state index contributed by atoms with van der Waals surface area (Å²) in [7, 11) is 0. The SMILES string of the molecule is N#Cc1cn(Cc2ccc(Cn3cccn3)cc2)nc1N. The first kappa shape index (κ1) is 12.9. The smallest absolute Gasteiger partial charge is 0.163 e. The van der Waals surface area contributed by atoms with Gasteiger partial charge in [0.1, 0.15) is 11.6 Å². The molecule has 0 saturated heterocycles. The van der Waals surface area contributed by atoms with Gasteiger partial charge < -0.3 is 5.73 Å². The van der Waals surface area contributed by atoms with E-state index in [1.54, 1.807) is 17.1 Å². The fraction of sp³-hybridized carbons (Fsp3) is 0.133. The molecule has 3 aromatic rings. The number of hydrogen-bond acceptors (Lipinski definition) is 4. The molecule has 6 heteroatoms. The number of nitrogen functional groups attached to an aromatic ring is 1. The van der Waals surface area contributed by atoms with E-state index in [1.807, 2.05) is 35.1 Å². The molecule has 2 N–H and O–H groups in total. The Kier molecular flexibility index (Phi) is 3.39. The fourth-order valence-corrected chi connectivity index (χ4v) is 2.12. The van der Waals surface area contributed by atoms with Gasteiger partial charge in [-0.15, -0.1) is 0 Å². The molecule has 0 fully saturated rings. The van der Waals surface area contributed by atoms with Crippen molar-refractivity contribution in [3.63, 3.8) is 0 Å². The third kappa shape index (κ3) is 2.92. The minimum Gasteiger partial charge on any atom is -0.381 e. The zero-order chi connectivity index (χ0) is 14.7. The molecule has 0 atom stereocenters. The average Bonchev–Trinajstić information content (AvgIpc) is 3.10. The monoisotopic (exact) mass is 278 g/mol. The normalized spacial score (nSPS) is 10.4. The molecule has 104 valence electrons. The first-order valence-electron chi connectivity index (χ1n) is 6.53. The maximum Gasteiger partial charge on any atom is 0.163 e. The Morgan fingerprint density at radius 3 is 2.29 bits per heavy atom. The number of aromatic nitrogens is 4. The van der Waals surface area contributed by atoms with Crippen LogP contribution in [-0.4, -0.2) is 19.6 Å². The molecule has 0 radical (unpaired) electrons. The van der Waals surface area contributed by atoms with Gasteiger partial charge in [-0.25, -0.2) is 0 Å². The van der Waals surface area contributed by atoms with Gasteiger partial charge in [0.2, 0.25) is 0 Å². The Hall–Kier alpha value is -3.07. The molecule has 0 amide bonds. The minimum atomic E-state index is 0.271. The van der Waals surface area contributed by atoms with E-state index >= 15 is 0 Å². The van der Waals surface area contributed by atoms with Crippen LogP contribution in [0.4, 0.5) is 5.82 Å². The van der Waals surface area contributed by atoms with Crippen molar-refractivity contribution in [2.75, 3.05) is 5.73 Å². The quantitative estimate of drug-likeness (QED) is 0.786. The summed E-state index contributed by atoms with van der Waals surface area (Å²) < 4.78 is 3.55. The van der Waals surface area contributed by atoms with Gasteiger partial charge in [-0.3, -0.25) is 9.36 Å². The largest absolute Gasteiger partial charge is 0.381 e. The van der Waals surface area contributed by atoms with Gasteiger partial charge in [0.25, 0.3) is 0 Å². The Bertz CT molecular complexity index is 762. The Morgan fingerprint density at radius 2 is 1.76 bits per heavy atom. The lowest BCUT2D eigenvalue weighted by atomic mass is 10.1. The zero-order valence-electron chi connectivity index (χ0n) is 11.3. The van der Waals surface area contributed by atoms with Crippen LogP contribution in [0.2, 0.25) is 0 Å². The van der Waals surface area contributed by atoms with Crippen molar-refractivity contribution in [3.05, 3.63) is 65.6 Å². The number of anilines is 1. The second-order valence-corrected chi connectivity index (χ2v) is 4.76. The van der Waals surface area contributed by atoms with E-state index in [4.69, 9.17) is 11.0 Å². The highest BCUT2D eigenvalue weighted by Crippen LogP contribution is 2.11. The van der Waals surface area contributed by atoms with Crippen molar-refractivity contribution >= 4 is 5.82 Å². The maximum absolute atomic E-state index is 8.87. The van der Waals surface area contributed by atoms with Crippen LogP contribution in [0.1, 0.15) is 16.7 Å². The number of hydrogen-bond donors (Lipinski definition) is 1. The predicted molar refractivity (Wildman–Crippen MR) is 78.2 cm³/mol. The van der Waals surface area contributed by atoms with E-state index in [2.05, 4.69) is 22.3 Å². The Morgan fingerprint density at radius 1 is 1.10 bits per heavy atom. The lowest BCUT2D eigenvalue weighted by Crippen LogP contribution is -2.02. The highest BCUT2D eigenvalue weighted by atomic mass is 15.3. The van der Waals surface area contributed by atoms with Gasteiger partial charge in [-0.2, -0.15) is 15.5 Å². The Balaban J connectivity index is 1.70. The molecular formula is C15H14N6. The number of nitrogens with two attached hydrogens (primary N) is 1. The van der Waals surface area contributed by atoms with Crippen LogP contribution >= 0.6 is 0 Å². The summed E-state index contributed by atoms with van der Waals surface area (Å²) >= 11 is 0. The number of nitriles is 1. The molecule has 0 bridgehead atoms. The second kappa shape index (κ2) is 5.51. The van der Waals surface area contributed by atoms with Crippen molar-refractivity contribution in [1.29, 1.82) is 5.26 Å². The summed E-state index contributed by atoms with van der Waals surface area (Å²) in [5, 5.41) is 17.2. The summed E-state index contributed by atoms with van der Waals surface area (Å²) in [6, 6.07) is 12.1. The van der Waals surface area contributed by atoms with Crippen LogP contribution in [-0.2, 0) is 13.1 Å². The van der Waals surface area contributed by atoms with E-state index in [0.717, 1.165) is 12.1 Å². The topological polar surface area (TPSA) is 85.5 Å². The molecule has 1 aromatic carbocycles. The highest BCUT2D eigenvalue weighted by Gasteiger charge is 2.05. The summed E-state index contributed by atoms with van der Waals surface area (Å²) in [5.41, 5.74) is 8.33. The molecular weight excluding hydrogens is 264 g/mol. The second-order valence-electron chi connectivity index (χ2n) is 4.76. The number of nitrogens with zero attached hydrogens (tertiary/aromatic N) is 5. The van der Waals surface area contributed by atoms with E-state index in [9.17, 15) is 0 Å². The summed E-state index contributed by atoms with van der Waals surface area (Å²) in [6.45, 7) is 1.34. The number of benzene rings is 1. The Labute approximate surface area is 122 Å². The van der Waals surface area contributed by atoms with Crippen molar-refractivity contribution in [1.82, 2.24) is 19.6 Å². The summed E-state index contributed by atoms with van der Waals surface area (Å²) in [6.07, 6.45) is 5.36. The van der Waals surface area contributed by atoms with Gasteiger partial charge >= 0.3 is 0 Å². The number of rotatable bonds is 4. The van der Waals surface area contributed by atoms with Crippen molar-refractivity contribution < 1.29 is 0 Å². The lowest BCUT2D eigenvalue weighted by molar-refractivity contribution is 0.680. The van der Waals surface area contributed by atoms with E-state index in [0.29, 0.717) is 12.1 Å². The van der Waals surface area contributed by atoms with Crippen LogP contribution < -0.4 is 5.73 Å². The fourth-order valence-electron chi connectivity index (χ4n) is 2.12. The van der Waals surface area contributed by atoms with Gasteiger partial charge in [-0.1, -0.05) is 24.3 Å². The van der Waals surface area contributed by atoms with Crippen LogP contribution in [0.15, 0.2) is 48.9 Å². The molecule has 3 rings (SSSR count). The molecule has 21 heavy (non-hydrogen) atoms. The lowest BCUT2D eigenvalue weighted by Gasteiger charge is -2.05. The minimum absolute atomic E-state index is 0.271. The molecule has 0 saturated carbocycles. The highest BCUT2D eigenvalue weighted by molar-refractivity contribution is 5.46. The standard InChI is InChI=1S/C15H14N6/c16-8-14-11-21(19-15(14)17)10-13-4-2-12(3-5-13)9-20-7-1-6-18-20/h1-7,11H,9-10H2,(H2,17,19). The molecule has 0 aliphatic rings. The van der Waals surface area contributed by atoms with Crippen molar-refractivity contribution in [3.8, 4) is 6.07 Å². The average molecular weight is 278 g/mol. The third-order valence-electron chi connectivity index (χ3n) is 3.18. The first-order valence-corrected chi connectivity index (χ1v) is 6.53. The van der Waals surface area contributed by atoms with Crippen LogP contribution in [0.5, 0.6) is 0 Å². The van der Waals surface area contributed by atoms with Gasteiger partial charge in [0.15, 0.2) is 5.82 Å². The van der Waals surface area contributed by atoms with Crippen LogP contribution in [0.3, 0.4) is 0 Å². The van der Waals surface area contributed by atoms with Gasteiger partial charge in [0.05, 0.1) is 13.1 Å². The molecule has 2 aromatic heterocycles. The van der Waals surface area contributed by atoms with Crippen LogP contribution in [0.25, 0.3) is 0 Å². The molecule has 0 unspecified atom stereocenters. The molecule has 0 spiro atoms. The van der Waals surface area contributed by atoms with Crippen molar-refractivity contribution in [2.24, 2.45) is 0 Å². The van der Waals surface area contributed by atoms with Crippen molar-refractivity contribution in [2.45, 2.75) is 13.1 Å². The van der Waals surface area contributed by atoms with E-state index < -0.39 is 0 Å². The molecule has 6 nitrogen and oxygen atoms in total. The molecule has 0 aliphatic heterocycles. The maximum atomic E-state index is 8.87. The third-order valence-corrected chi connectivity index (χ3v) is 3.18. The predicted octanol–water partition coefficient (Wildman–Crippen LogP) is 1.63. The van der Waals surface area contributed by atoms with E-state index in [-0.39, 0.29) is 5.82 Å². The first-order chi connectivity index (χ1) is 10.2. The van der Waals surface area contributed by atoms with Crippen LogP contribution in [0, 0.1) is 11.3 Å². The van der Waals surface area contributed by atoms with Gasteiger partial charge in [-0.05, 0) is 17.2 Å². The molecule has 2 heterocycles. The van der Waals surface area contributed by atoms with E-state index in [1.165, 1.54) is 5.56 Å². The van der Waals surface area contributed by atoms with Gasteiger partial charge in [0, 0.05) is 18.6 Å². The zero-order valence-corrected chi connectivity index (χ0v) is 11.3.